The molecule has 0 spiro atoms. The zero-order valence-corrected chi connectivity index (χ0v) is 16.8. The molecule has 0 unspecified atom stereocenters. The first-order valence-electron chi connectivity index (χ1n) is 7.77. The van der Waals surface area contributed by atoms with E-state index in [-0.39, 0.29) is 15.7 Å². The molecule has 1 N–H and O–H groups in total. The maximum atomic E-state index is 12.3. The van der Waals surface area contributed by atoms with Gasteiger partial charge in [0.2, 0.25) is 15.9 Å². The largest absolute Gasteiger partial charge is 0.490 e. The number of anilines is 2. The number of nitrogens with zero attached hydrogens (tertiary/aromatic N) is 1. The summed E-state index contributed by atoms with van der Waals surface area (Å²) in [5.41, 5.74) is 0.753. The second-order valence-electron chi connectivity index (χ2n) is 5.54. The highest BCUT2D eigenvalue weighted by molar-refractivity contribution is 7.92. The SMILES string of the molecule is C=CCOc1ccc(NC(=O)CN(c2ccc(Cl)c(Cl)c2)S(C)(=O)=O)cc1. The van der Waals surface area contributed by atoms with Gasteiger partial charge in [0.25, 0.3) is 0 Å². The van der Waals surface area contributed by atoms with Crippen LogP contribution in [0, 0.1) is 0 Å². The summed E-state index contributed by atoms with van der Waals surface area (Å²) < 4.78 is 30.5. The van der Waals surface area contributed by atoms with E-state index in [1.165, 1.54) is 18.2 Å². The number of ether oxygens (including phenoxy) is 1. The molecule has 2 rings (SSSR count). The molecule has 0 radical (unpaired) electrons. The van der Waals surface area contributed by atoms with Crippen molar-refractivity contribution in [1.82, 2.24) is 0 Å². The van der Waals surface area contributed by atoms with Crippen LogP contribution in [0.25, 0.3) is 0 Å². The molecule has 2 aromatic carbocycles. The molecule has 1 amide bonds. The Labute approximate surface area is 168 Å². The highest BCUT2D eigenvalue weighted by atomic mass is 35.5. The third-order valence-corrected chi connectivity index (χ3v) is 5.26. The van der Waals surface area contributed by atoms with E-state index in [4.69, 9.17) is 27.9 Å². The molecular weight excluding hydrogens is 411 g/mol. The van der Waals surface area contributed by atoms with Gasteiger partial charge in [-0.25, -0.2) is 8.42 Å². The van der Waals surface area contributed by atoms with Crippen LogP contribution in [-0.2, 0) is 14.8 Å². The Morgan fingerprint density at radius 2 is 1.85 bits per heavy atom. The van der Waals surface area contributed by atoms with Crippen molar-refractivity contribution in [2.45, 2.75) is 0 Å². The number of carbonyl (C=O) groups is 1. The Bertz CT molecular complexity index is 931. The molecule has 2 aromatic rings. The molecule has 144 valence electrons. The van der Waals surface area contributed by atoms with Crippen LogP contribution >= 0.6 is 23.2 Å². The van der Waals surface area contributed by atoms with Crippen molar-refractivity contribution in [2.24, 2.45) is 0 Å². The lowest BCUT2D eigenvalue weighted by Gasteiger charge is -2.22. The summed E-state index contributed by atoms with van der Waals surface area (Å²) in [5.74, 6) is 0.118. The van der Waals surface area contributed by atoms with E-state index in [1.807, 2.05) is 0 Å². The summed E-state index contributed by atoms with van der Waals surface area (Å²) in [4.78, 5) is 12.3. The molecule has 0 heterocycles. The van der Waals surface area contributed by atoms with E-state index in [2.05, 4.69) is 11.9 Å². The van der Waals surface area contributed by atoms with Crippen LogP contribution in [0.4, 0.5) is 11.4 Å². The Morgan fingerprint density at radius 1 is 1.19 bits per heavy atom. The Kier molecular flexibility index (Phi) is 7.12. The number of hydrogen-bond acceptors (Lipinski definition) is 4. The second kappa shape index (κ2) is 9.12. The first-order valence-corrected chi connectivity index (χ1v) is 10.4. The smallest absolute Gasteiger partial charge is 0.245 e. The van der Waals surface area contributed by atoms with Gasteiger partial charge in [-0.15, -0.1) is 0 Å². The van der Waals surface area contributed by atoms with Crippen LogP contribution in [0.3, 0.4) is 0 Å². The van der Waals surface area contributed by atoms with Crippen LogP contribution in [0.15, 0.2) is 55.1 Å². The molecule has 0 saturated carbocycles. The summed E-state index contributed by atoms with van der Waals surface area (Å²) in [5, 5.41) is 3.13. The molecule has 0 aliphatic carbocycles. The standard InChI is InChI=1S/C18H18Cl2N2O4S/c1-3-10-26-15-7-4-13(5-8-15)21-18(23)12-22(27(2,24)25)14-6-9-16(19)17(20)11-14/h3-9,11H,1,10,12H2,2H3,(H,21,23). The fourth-order valence-electron chi connectivity index (χ4n) is 2.16. The van der Waals surface area contributed by atoms with E-state index < -0.39 is 22.5 Å². The molecule has 9 heteroatoms. The monoisotopic (exact) mass is 428 g/mol. The van der Waals surface area contributed by atoms with Gasteiger partial charge in [0.05, 0.1) is 22.0 Å². The number of nitrogens with one attached hydrogen (secondary N) is 1. The van der Waals surface area contributed by atoms with Crippen molar-refractivity contribution in [1.29, 1.82) is 0 Å². The summed E-state index contributed by atoms with van der Waals surface area (Å²) >= 11 is 11.8. The number of hydrogen-bond donors (Lipinski definition) is 1. The third kappa shape index (κ3) is 6.16. The van der Waals surface area contributed by atoms with E-state index in [0.717, 1.165) is 10.6 Å². The summed E-state index contributed by atoms with van der Waals surface area (Å²) in [6, 6.07) is 11.0. The summed E-state index contributed by atoms with van der Waals surface area (Å²) in [7, 11) is -3.71. The first kappa shape index (κ1) is 21.1. The maximum Gasteiger partial charge on any atom is 0.245 e. The normalized spacial score (nSPS) is 10.9. The summed E-state index contributed by atoms with van der Waals surface area (Å²) in [6.07, 6.45) is 2.63. The number of benzene rings is 2. The number of sulfonamides is 1. The molecule has 27 heavy (non-hydrogen) atoms. The fraction of sp³-hybridized carbons (Fsp3) is 0.167. The minimum Gasteiger partial charge on any atom is -0.490 e. The van der Waals surface area contributed by atoms with Gasteiger partial charge in [-0.05, 0) is 42.5 Å². The average molecular weight is 429 g/mol. The lowest BCUT2D eigenvalue weighted by Crippen LogP contribution is -2.37. The zero-order chi connectivity index (χ0) is 20.0. The van der Waals surface area contributed by atoms with Crippen LogP contribution in [0.1, 0.15) is 0 Å². The molecule has 0 saturated heterocycles. The predicted molar refractivity (Wildman–Crippen MR) is 109 cm³/mol. The van der Waals surface area contributed by atoms with Crippen molar-refractivity contribution < 1.29 is 17.9 Å². The fourth-order valence-corrected chi connectivity index (χ4v) is 3.30. The van der Waals surface area contributed by atoms with Crippen LogP contribution < -0.4 is 14.4 Å². The van der Waals surface area contributed by atoms with Gasteiger partial charge >= 0.3 is 0 Å². The van der Waals surface area contributed by atoms with Gasteiger partial charge in [-0.1, -0.05) is 35.9 Å². The summed E-state index contributed by atoms with van der Waals surface area (Å²) in [6.45, 7) is 3.53. The average Bonchev–Trinajstić information content (AvgIpc) is 2.60. The van der Waals surface area contributed by atoms with Crippen molar-refractivity contribution in [2.75, 3.05) is 29.0 Å². The van der Waals surface area contributed by atoms with Crippen LogP contribution in [0.5, 0.6) is 5.75 Å². The number of rotatable bonds is 8. The van der Waals surface area contributed by atoms with Crippen molar-refractivity contribution in [3.8, 4) is 5.75 Å². The molecular formula is C18H18Cl2N2O4S. The molecule has 6 nitrogen and oxygen atoms in total. The molecule has 0 aliphatic rings. The molecule has 0 bridgehead atoms. The highest BCUT2D eigenvalue weighted by Gasteiger charge is 2.21. The van der Waals surface area contributed by atoms with E-state index >= 15 is 0 Å². The topological polar surface area (TPSA) is 75.7 Å². The predicted octanol–water partition coefficient (Wildman–Crippen LogP) is 3.96. The van der Waals surface area contributed by atoms with E-state index in [0.29, 0.717) is 18.0 Å². The molecule has 0 fully saturated rings. The van der Waals surface area contributed by atoms with Crippen LogP contribution in [-0.4, -0.2) is 33.7 Å². The minimum absolute atomic E-state index is 0.193. The van der Waals surface area contributed by atoms with Gasteiger partial charge in [-0.3, -0.25) is 9.10 Å². The van der Waals surface area contributed by atoms with Gasteiger partial charge < -0.3 is 10.1 Å². The maximum absolute atomic E-state index is 12.3. The molecule has 0 atom stereocenters. The quantitative estimate of drug-likeness (QED) is 0.645. The molecule has 0 aromatic heterocycles. The van der Waals surface area contributed by atoms with E-state index in [1.54, 1.807) is 30.3 Å². The first-order chi connectivity index (χ1) is 12.7. The van der Waals surface area contributed by atoms with Crippen LogP contribution in [0.2, 0.25) is 10.0 Å². The van der Waals surface area contributed by atoms with Crippen molar-refractivity contribution >= 4 is 50.5 Å². The number of amides is 1. The molecule has 0 aliphatic heterocycles. The lowest BCUT2D eigenvalue weighted by atomic mass is 10.3. The number of carbonyl (C=O) groups excluding carboxylic acids is 1. The zero-order valence-electron chi connectivity index (χ0n) is 14.5. The highest BCUT2D eigenvalue weighted by Crippen LogP contribution is 2.28. The van der Waals surface area contributed by atoms with Crippen molar-refractivity contribution in [3.05, 3.63) is 65.2 Å². The van der Waals surface area contributed by atoms with Crippen molar-refractivity contribution in [3.63, 3.8) is 0 Å². The second-order valence-corrected chi connectivity index (χ2v) is 8.26. The minimum atomic E-state index is -3.71. The Morgan fingerprint density at radius 3 is 2.41 bits per heavy atom. The Hall–Kier alpha value is -2.22. The number of halogens is 2. The Balaban J connectivity index is 2.12. The lowest BCUT2D eigenvalue weighted by molar-refractivity contribution is -0.114. The van der Waals surface area contributed by atoms with Gasteiger partial charge in [0, 0.05) is 5.69 Å². The van der Waals surface area contributed by atoms with Gasteiger partial charge in [-0.2, -0.15) is 0 Å². The van der Waals surface area contributed by atoms with Gasteiger partial charge in [0.15, 0.2) is 0 Å². The van der Waals surface area contributed by atoms with E-state index in [9.17, 15) is 13.2 Å². The van der Waals surface area contributed by atoms with Gasteiger partial charge in [0.1, 0.15) is 18.9 Å². The third-order valence-electron chi connectivity index (χ3n) is 3.38.